The third-order valence-electron chi connectivity index (χ3n) is 12.5. The van der Waals surface area contributed by atoms with Gasteiger partial charge in [0.05, 0.1) is 6.61 Å². The molecule has 0 aliphatic carbocycles. The fourth-order valence-corrected chi connectivity index (χ4v) is 8.35. The summed E-state index contributed by atoms with van der Waals surface area (Å²) in [5, 5.41) is 39.9. The third kappa shape index (κ3) is 32.8. The van der Waals surface area contributed by atoms with E-state index < -0.39 is 54.7 Å². The van der Waals surface area contributed by atoms with Crippen LogP contribution >= 0.6 is 0 Å². The first-order valence-corrected chi connectivity index (χ1v) is 26.1. The lowest BCUT2D eigenvalue weighted by atomic mass is 9.99. The summed E-state index contributed by atoms with van der Waals surface area (Å²) in [7, 11) is 0. The minimum Gasteiger partial charge on any atom is -0.479 e. The predicted octanol–water partition coefficient (Wildman–Crippen LogP) is 12.2. The molecule has 366 valence electrons. The van der Waals surface area contributed by atoms with E-state index in [1.54, 1.807) is 0 Å². The topological polar surface area (TPSA) is 169 Å². The van der Waals surface area contributed by atoms with E-state index in [0.717, 1.165) is 38.5 Å². The van der Waals surface area contributed by atoms with Gasteiger partial charge in [-0.3, -0.25) is 9.59 Å². The van der Waals surface area contributed by atoms with Crippen molar-refractivity contribution in [3.05, 3.63) is 0 Å². The maximum absolute atomic E-state index is 12.8. The molecule has 4 N–H and O–H groups in total. The van der Waals surface area contributed by atoms with Crippen LogP contribution < -0.4 is 0 Å². The number of hydrogen-bond donors (Lipinski definition) is 4. The predicted molar refractivity (Wildman–Crippen MR) is 248 cm³/mol. The number of esters is 2. The van der Waals surface area contributed by atoms with E-state index >= 15 is 0 Å². The van der Waals surface area contributed by atoms with Crippen LogP contribution in [-0.2, 0) is 33.3 Å². The van der Waals surface area contributed by atoms with Gasteiger partial charge in [0.1, 0.15) is 24.9 Å². The SMILES string of the molecule is CCCCCCCCCCCCCCCCCCCCCCC(=O)OCC(COC1OC(C(=O)O)C(O)C(O)C1O)OC(=O)CCCCCCCCCCCCCCCCCC. The molecule has 11 heteroatoms. The molecule has 62 heavy (non-hydrogen) atoms. The Labute approximate surface area is 378 Å². The van der Waals surface area contributed by atoms with Gasteiger partial charge in [-0.05, 0) is 12.8 Å². The maximum Gasteiger partial charge on any atom is 0.335 e. The number of carboxylic acids is 1. The zero-order chi connectivity index (χ0) is 45.3. The van der Waals surface area contributed by atoms with E-state index in [4.69, 9.17) is 18.9 Å². The Morgan fingerprint density at radius 2 is 0.758 bits per heavy atom. The number of hydrogen-bond acceptors (Lipinski definition) is 10. The van der Waals surface area contributed by atoms with E-state index in [1.165, 1.54) is 180 Å². The van der Waals surface area contributed by atoms with Crippen molar-refractivity contribution in [1.82, 2.24) is 0 Å². The summed E-state index contributed by atoms with van der Waals surface area (Å²) in [6, 6.07) is 0. The average molecular weight is 885 g/mol. The molecule has 6 unspecified atom stereocenters. The van der Waals surface area contributed by atoms with Crippen molar-refractivity contribution < 1.29 is 53.8 Å². The highest BCUT2D eigenvalue weighted by Crippen LogP contribution is 2.23. The molecule has 1 rings (SSSR count). The lowest BCUT2D eigenvalue weighted by molar-refractivity contribution is -0.298. The quantitative estimate of drug-likeness (QED) is 0.0339. The van der Waals surface area contributed by atoms with Crippen molar-refractivity contribution in [3.63, 3.8) is 0 Å². The summed E-state index contributed by atoms with van der Waals surface area (Å²) in [6.07, 6.45) is 35.8. The molecule has 1 saturated heterocycles. The number of ether oxygens (including phenoxy) is 4. The second-order valence-electron chi connectivity index (χ2n) is 18.4. The molecule has 0 radical (unpaired) electrons. The highest BCUT2D eigenvalue weighted by Gasteiger charge is 2.47. The van der Waals surface area contributed by atoms with Gasteiger partial charge in [0.15, 0.2) is 18.5 Å². The van der Waals surface area contributed by atoms with Crippen LogP contribution in [0, 0.1) is 0 Å². The van der Waals surface area contributed by atoms with Crippen LogP contribution in [0.15, 0.2) is 0 Å². The number of rotatable bonds is 45. The number of carboxylic acid groups (broad SMARTS) is 1. The lowest BCUT2D eigenvalue weighted by Gasteiger charge is -2.38. The second-order valence-corrected chi connectivity index (χ2v) is 18.4. The van der Waals surface area contributed by atoms with Crippen molar-refractivity contribution in [2.24, 2.45) is 0 Å². The molecule has 0 spiro atoms. The van der Waals surface area contributed by atoms with Gasteiger partial charge >= 0.3 is 17.9 Å². The number of aliphatic carboxylic acids is 1. The molecular weight excluding hydrogens is 789 g/mol. The van der Waals surface area contributed by atoms with Gasteiger partial charge in [0.2, 0.25) is 0 Å². The van der Waals surface area contributed by atoms with Crippen LogP contribution in [0.1, 0.15) is 258 Å². The van der Waals surface area contributed by atoms with Crippen molar-refractivity contribution in [2.75, 3.05) is 13.2 Å². The number of unbranched alkanes of at least 4 members (excludes halogenated alkanes) is 34. The smallest absolute Gasteiger partial charge is 0.335 e. The monoisotopic (exact) mass is 885 g/mol. The van der Waals surface area contributed by atoms with Crippen LogP contribution in [0.25, 0.3) is 0 Å². The lowest BCUT2D eigenvalue weighted by Crippen LogP contribution is -2.60. The Hall–Kier alpha value is -1.79. The fraction of sp³-hybridized carbons (Fsp3) is 0.941. The molecule has 1 heterocycles. The van der Waals surface area contributed by atoms with Gasteiger partial charge in [-0.2, -0.15) is 0 Å². The number of carbonyl (C=O) groups is 3. The molecule has 0 saturated carbocycles. The van der Waals surface area contributed by atoms with Crippen molar-refractivity contribution in [3.8, 4) is 0 Å². The molecule has 0 aromatic rings. The molecule has 0 aromatic carbocycles. The van der Waals surface area contributed by atoms with Gasteiger partial charge in [0, 0.05) is 12.8 Å². The molecule has 0 bridgehead atoms. The van der Waals surface area contributed by atoms with E-state index in [1.807, 2.05) is 0 Å². The summed E-state index contributed by atoms with van der Waals surface area (Å²) < 4.78 is 21.8. The van der Waals surface area contributed by atoms with Gasteiger partial charge in [-0.1, -0.05) is 232 Å². The largest absolute Gasteiger partial charge is 0.479 e. The Morgan fingerprint density at radius 3 is 1.10 bits per heavy atom. The first-order chi connectivity index (χ1) is 30.2. The van der Waals surface area contributed by atoms with Crippen LogP contribution in [0.4, 0.5) is 0 Å². The van der Waals surface area contributed by atoms with E-state index in [-0.39, 0.29) is 26.1 Å². The third-order valence-corrected chi connectivity index (χ3v) is 12.5. The molecule has 1 aliphatic heterocycles. The number of aliphatic hydroxyl groups is 3. The van der Waals surface area contributed by atoms with Crippen LogP contribution in [0.2, 0.25) is 0 Å². The highest BCUT2D eigenvalue weighted by atomic mass is 16.7. The van der Waals surface area contributed by atoms with Gasteiger partial charge in [-0.15, -0.1) is 0 Å². The van der Waals surface area contributed by atoms with E-state index in [9.17, 15) is 34.8 Å². The molecule has 0 amide bonds. The minimum absolute atomic E-state index is 0.191. The number of aliphatic hydroxyl groups excluding tert-OH is 3. The summed E-state index contributed by atoms with van der Waals surface area (Å²) >= 11 is 0. The first-order valence-electron chi connectivity index (χ1n) is 26.1. The van der Waals surface area contributed by atoms with Gasteiger partial charge in [0.25, 0.3) is 0 Å². The van der Waals surface area contributed by atoms with Crippen LogP contribution in [0.3, 0.4) is 0 Å². The normalized spacial score (nSPS) is 19.4. The minimum atomic E-state index is -1.86. The van der Waals surface area contributed by atoms with Crippen molar-refractivity contribution in [2.45, 2.75) is 295 Å². The summed E-state index contributed by atoms with van der Waals surface area (Å²) in [6.45, 7) is 3.87. The van der Waals surface area contributed by atoms with Gasteiger partial charge < -0.3 is 39.4 Å². The van der Waals surface area contributed by atoms with E-state index in [0.29, 0.717) is 12.8 Å². The second kappa shape index (κ2) is 41.9. The standard InChI is InChI=1S/C51H96O11/c1-3-5-7-9-11-13-15-17-19-21-22-23-24-26-27-29-31-33-35-37-39-44(52)59-41-43(42-60-51-48(56)46(54)47(55)49(62-51)50(57)58)61-45(53)40-38-36-34-32-30-28-25-20-18-16-14-12-10-8-6-4-2/h43,46-49,51,54-56H,3-42H2,1-2H3,(H,57,58). The summed E-state index contributed by atoms with van der Waals surface area (Å²) in [5.74, 6) is -2.42. The fourth-order valence-electron chi connectivity index (χ4n) is 8.35. The first kappa shape index (κ1) is 58.2. The zero-order valence-electron chi connectivity index (χ0n) is 39.9. The molecule has 0 aromatic heterocycles. The van der Waals surface area contributed by atoms with Crippen molar-refractivity contribution in [1.29, 1.82) is 0 Å². The van der Waals surface area contributed by atoms with Crippen LogP contribution in [-0.4, -0.2) is 88.4 Å². The summed E-state index contributed by atoms with van der Waals surface area (Å²) in [4.78, 5) is 37.0. The zero-order valence-corrected chi connectivity index (χ0v) is 39.9. The molecule has 11 nitrogen and oxygen atoms in total. The molecule has 1 fully saturated rings. The van der Waals surface area contributed by atoms with Crippen LogP contribution in [0.5, 0.6) is 0 Å². The summed E-state index contributed by atoms with van der Waals surface area (Å²) in [5.41, 5.74) is 0. The Morgan fingerprint density at radius 1 is 0.435 bits per heavy atom. The van der Waals surface area contributed by atoms with Gasteiger partial charge in [-0.25, -0.2) is 4.79 Å². The number of carbonyl (C=O) groups excluding carboxylic acids is 2. The Balaban J connectivity index is 2.26. The molecular formula is C51H96O11. The Bertz CT molecular complexity index is 1040. The van der Waals surface area contributed by atoms with Crippen molar-refractivity contribution >= 4 is 17.9 Å². The molecule has 1 aliphatic rings. The van der Waals surface area contributed by atoms with E-state index in [2.05, 4.69) is 13.8 Å². The highest BCUT2D eigenvalue weighted by molar-refractivity contribution is 5.73. The Kier molecular flexibility index (Phi) is 39.3. The average Bonchev–Trinajstić information content (AvgIpc) is 3.26. The molecule has 6 atom stereocenters. The maximum atomic E-state index is 12.8.